The second-order valence-corrected chi connectivity index (χ2v) is 3.39. The van der Waals surface area contributed by atoms with Crippen molar-refractivity contribution in [1.29, 1.82) is 0 Å². The Morgan fingerprint density at radius 2 is 2.38 bits per heavy atom. The van der Waals surface area contributed by atoms with Gasteiger partial charge in [0.1, 0.15) is 17.3 Å². The number of aldehydes is 1. The molecule has 16 heavy (non-hydrogen) atoms. The standard InChI is InChI=1S/C11H13N3O2/c1-16-8-2-3-10-9(7-15)13-11(4-5-12)14(10)6-8/h2-3,6-7H,4-5,12H2,1H3. The molecule has 0 atom stereocenters. The van der Waals surface area contributed by atoms with Crippen LogP contribution in [0.5, 0.6) is 5.75 Å². The highest BCUT2D eigenvalue weighted by Crippen LogP contribution is 2.17. The van der Waals surface area contributed by atoms with Crippen LogP contribution in [-0.2, 0) is 6.42 Å². The first-order valence-electron chi connectivity index (χ1n) is 5.00. The third-order valence-corrected chi connectivity index (χ3v) is 2.43. The minimum absolute atomic E-state index is 0.436. The molecule has 2 rings (SSSR count). The molecule has 0 aliphatic heterocycles. The zero-order valence-electron chi connectivity index (χ0n) is 9.01. The Morgan fingerprint density at radius 3 is 3.00 bits per heavy atom. The minimum Gasteiger partial charge on any atom is -0.495 e. The monoisotopic (exact) mass is 219 g/mol. The molecule has 2 N–H and O–H groups in total. The predicted octanol–water partition coefficient (Wildman–Crippen LogP) is 0.657. The zero-order valence-corrected chi connectivity index (χ0v) is 9.01. The lowest BCUT2D eigenvalue weighted by Crippen LogP contribution is -2.06. The lowest BCUT2D eigenvalue weighted by molar-refractivity contribution is 0.112. The highest BCUT2D eigenvalue weighted by molar-refractivity contribution is 5.83. The van der Waals surface area contributed by atoms with Crippen LogP contribution < -0.4 is 10.5 Å². The summed E-state index contributed by atoms with van der Waals surface area (Å²) in [5.74, 6) is 1.50. The maximum absolute atomic E-state index is 10.9. The molecule has 0 aromatic carbocycles. The van der Waals surface area contributed by atoms with Crippen molar-refractivity contribution in [3.63, 3.8) is 0 Å². The lowest BCUT2D eigenvalue weighted by atomic mass is 10.3. The summed E-state index contributed by atoms with van der Waals surface area (Å²) in [7, 11) is 1.60. The van der Waals surface area contributed by atoms with Crippen LogP contribution in [-0.4, -0.2) is 29.3 Å². The van der Waals surface area contributed by atoms with Crippen molar-refractivity contribution < 1.29 is 9.53 Å². The van der Waals surface area contributed by atoms with Gasteiger partial charge in [-0.25, -0.2) is 4.98 Å². The molecule has 0 bridgehead atoms. The number of imidazole rings is 1. The minimum atomic E-state index is 0.436. The van der Waals surface area contributed by atoms with Crippen LogP contribution in [0.1, 0.15) is 16.3 Å². The Balaban J connectivity index is 2.65. The summed E-state index contributed by atoms with van der Waals surface area (Å²) in [5.41, 5.74) is 6.71. The molecule has 84 valence electrons. The van der Waals surface area contributed by atoms with Gasteiger partial charge in [-0.2, -0.15) is 0 Å². The van der Waals surface area contributed by atoms with Crippen molar-refractivity contribution >= 4 is 11.8 Å². The first-order chi connectivity index (χ1) is 7.80. The van der Waals surface area contributed by atoms with Gasteiger partial charge in [0.15, 0.2) is 6.29 Å². The second kappa shape index (κ2) is 4.32. The van der Waals surface area contributed by atoms with Crippen LogP contribution in [0, 0.1) is 0 Å². The third-order valence-electron chi connectivity index (χ3n) is 2.43. The molecule has 2 aromatic rings. The molecule has 0 radical (unpaired) electrons. The molecule has 0 aliphatic rings. The summed E-state index contributed by atoms with van der Waals surface area (Å²) in [5, 5.41) is 0. The molecule has 0 amide bonds. The molecule has 0 spiro atoms. The number of nitrogens with two attached hydrogens (primary N) is 1. The molecular formula is C11H13N3O2. The van der Waals surface area contributed by atoms with E-state index >= 15 is 0 Å². The smallest absolute Gasteiger partial charge is 0.170 e. The number of nitrogens with zero attached hydrogens (tertiary/aromatic N) is 2. The van der Waals surface area contributed by atoms with Crippen LogP contribution in [0.2, 0.25) is 0 Å². The van der Waals surface area contributed by atoms with Crippen molar-refractivity contribution in [1.82, 2.24) is 9.38 Å². The fraction of sp³-hybridized carbons (Fsp3) is 0.273. The van der Waals surface area contributed by atoms with E-state index in [1.807, 2.05) is 10.5 Å². The molecular weight excluding hydrogens is 206 g/mol. The van der Waals surface area contributed by atoms with Crippen LogP contribution in [0.25, 0.3) is 5.52 Å². The molecule has 0 aliphatic carbocycles. The number of fused-ring (bicyclic) bond motifs is 1. The van der Waals surface area contributed by atoms with Gasteiger partial charge in [0.2, 0.25) is 0 Å². The highest BCUT2D eigenvalue weighted by Gasteiger charge is 2.10. The van der Waals surface area contributed by atoms with E-state index < -0.39 is 0 Å². The number of methoxy groups -OCH3 is 1. The van der Waals surface area contributed by atoms with Gasteiger partial charge < -0.3 is 10.5 Å². The van der Waals surface area contributed by atoms with E-state index in [-0.39, 0.29) is 0 Å². The van der Waals surface area contributed by atoms with Crippen LogP contribution in [0.15, 0.2) is 18.3 Å². The van der Waals surface area contributed by atoms with Gasteiger partial charge in [-0.05, 0) is 18.7 Å². The van der Waals surface area contributed by atoms with Crippen molar-refractivity contribution in [2.75, 3.05) is 13.7 Å². The number of hydrogen-bond acceptors (Lipinski definition) is 4. The van der Waals surface area contributed by atoms with Gasteiger partial charge in [0.25, 0.3) is 0 Å². The Labute approximate surface area is 92.8 Å². The van der Waals surface area contributed by atoms with Crippen molar-refractivity contribution in [3.05, 3.63) is 29.8 Å². The quantitative estimate of drug-likeness (QED) is 0.767. The number of carbonyl (C=O) groups is 1. The van der Waals surface area contributed by atoms with Gasteiger partial charge in [-0.1, -0.05) is 0 Å². The Hall–Kier alpha value is -1.88. The first kappa shape index (κ1) is 10.6. The Morgan fingerprint density at radius 1 is 1.56 bits per heavy atom. The van der Waals surface area contributed by atoms with E-state index in [1.165, 1.54) is 0 Å². The molecule has 5 nitrogen and oxygen atoms in total. The largest absolute Gasteiger partial charge is 0.495 e. The summed E-state index contributed by atoms with van der Waals surface area (Å²) >= 11 is 0. The average Bonchev–Trinajstić information content (AvgIpc) is 2.67. The third kappa shape index (κ3) is 1.65. The molecule has 0 saturated carbocycles. The fourth-order valence-electron chi connectivity index (χ4n) is 1.67. The molecule has 0 unspecified atom stereocenters. The first-order valence-corrected chi connectivity index (χ1v) is 5.00. The second-order valence-electron chi connectivity index (χ2n) is 3.39. The summed E-state index contributed by atoms with van der Waals surface area (Å²) in [6.45, 7) is 0.495. The van der Waals surface area contributed by atoms with Crippen LogP contribution in [0.3, 0.4) is 0 Å². The SMILES string of the molecule is COc1ccc2c(C=O)nc(CCN)n2c1. The van der Waals surface area contributed by atoms with Crippen molar-refractivity contribution in [3.8, 4) is 5.75 Å². The molecule has 2 heterocycles. The van der Waals surface area contributed by atoms with E-state index in [2.05, 4.69) is 4.98 Å². The van der Waals surface area contributed by atoms with Gasteiger partial charge in [0.05, 0.1) is 18.8 Å². The number of rotatable bonds is 4. The number of ether oxygens (including phenoxy) is 1. The van der Waals surface area contributed by atoms with Gasteiger partial charge in [-0.3, -0.25) is 9.20 Å². The summed E-state index contributed by atoms with van der Waals surface area (Å²) in [6.07, 6.45) is 3.18. The van der Waals surface area contributed by atoms with Crippen LogP contribution in [0.4, 0.5) is 0 Å². The maximum Gasteiger partial charge on any atom is 0.170 e. The van der Waals surface area contributed by atoms with E-state index in [0.29, 0.717) is 18.7 Å². The Bertz CT molecular complexity index is 519. The molecule has 0 saturated heterocycles. The fourth-order valence-corrected chi connectivity index (χ4v) is 1.67. The normalized spacial score (nSPS) is 10.6. The highest BCUT2D eigenvalue weighted by atomic mass is 16.5. The average molecular weight is 219 g/mol. The number of hydrogen-bond donors (Lipinski definition) is 1. The number of pyridine rings is 1. The Kier molecular flexibility index (Phi) is 2.87. The maximum atomic E-state index is 10.9. The number of aromatic nitrogens is 2. The number of carbonyl (C=O) groups excluding carboxylic acids is 1. The topological polar surface area (TPSA) is 69.6 Å². The van der Waals surface area contributed by atoms with Gasteiger partial charge >= 0.3 is 0 Å². The van der Waals surface area contributed by atoms with E-state index in [9.17, 15) is 4.79 Å². The van der Waals surface area contributed by atoms with Crippen molar-refractivity contribution in [2.45, 2.75) is 6.42 Å². The molecule has 0 fully saturated rings. The van der Waals surface area contributed by atoms with Gasteiger partial charge in [-0.15, -0.1) is 0 Å². The molecule has 5 heteroatoms. The van der Waals surface area contributed by atoms with Crippen molar-refractivity contribution in [2.24, 2.45) is 5.73 Å². The zero-order chi connectivity index (χ0) is 11.5. The predicted molar refractivity (Wildman–Crippen MR) is 59.9 cm³/mol. The van der Waals surface area contributed by atoms with Crippen LogP contribution >= 0.6 is 0 Å². The lowest BCUT2D eigenvalue weighted by Gasteiger charge is -2.03. The van der Waals surface area contributed by atoms with E-state index in [1.54, 1.807) is 19.4 Å². The van der Waals surface area contributed by atoms with E-state index in [4.69, 9.17) is 10.5 Å². The summed E-state index contributed by atoms with van der Waals surface area (Å²) < 4.78 is 6.97. The summed E-state index contributed by atoms with van der Waals surface area (Å²) in [6, 6.07) is 3.62. The summed E-state index contributed by atoms with van der Waals surface area (Å²) in [4.78, 5) is 15.1. The van der Waals surface area contributed by atoms with Gasteiger partial charge in [0, 0.05) is 6.42 Å². The molecule has 2 aromatic heterocycles. The van der Waals surface area contributed by atoms with E-state index in [0.717, 1.165) is 23.4 Å².